The number of carbonyl (C=O) groups excluding carboxylic acids is 1. The van der Waals surface area contributed by atoms with Gasteiger partial charge in [0.1, 0.15) is 0 Å². The van der Waals surface area contributed by atoms with E-state index in [2.05, 4.69) is 6.92 Å². The van der Waals surface area contributed by atoms with Crippen molar-refractivity contribution in [2.24, 2.45) is 0 Å². The van der Waals surface area contributed by atoms with Crippen molar-refractivity contribution < 1.29 is 13.2 Å². The first-order chi connectivity index (χ1) is 14.9. The number of nitrogens with zero attached hydrogens (tertiary/aromatic N) is 1. The minimum Gasteiger partial charge on any atom is -0.330 e. The predicted molar refractivity (Wildman–Crippen MR) is 128 cm³/mol. The summed E-state index contributed by atoms with van der Waals surface area (Å²) in [6.45, 7) is 2.44. The van der Waals surface area contributed by atoms with Crippen LogP contribution in [0.5, 0.6) is 0 Å². The maximum Gasteiger partial charge on any atom is 0.264 e. The molecule has 0 N–H and O–H groups in total. The highest BCUT2D eigenvalue weighted by atomic mass is 35.5. The number of sulfone groups is 1. The Morgan fingerprint density at radius 2 is 1.84 bits per heavy atom. The molecule has 0 radical (unpaired) electrons. The summed E-state index contributed by atoms with van der Waals surface area (Å²) in [5.41, 5.74) is 3.15. The Hall–Kier alpha value is -2.15. The predicted octanol–water partition coefficient (Wildman–Crippen LogP) is 5.46. The third kappa shape index (κ3) is 5.03. The Morgan fingerprint density at radius 1 is 1.13 bits per heavy atom. The van der Waals surface area contributed by atoms with Crippen LogP contribution in [0.3, 0.4) is 0 Å². The van der Waals surface area contributed by atoms with Gasteiger partial charge in [0, 0.05) is 22.5 Å². The van der Waals surface area contributed by atoms with E-state index < -0.39 is 9.84 Å². The highest BCUT2D eigenvalue weighted by Gasteiger charge is 2.35. The minimum atomic E-state index is -3.12. The van der Waals surface area contributed by atoms with Gasteiger partial charge in [-0.25, -0.2) is 8.42 Å². The minimum absolute atomic E-state index is 0.0177. The maximum atomic E-state index is 13.6. The molecule has 1 unspecified atom stereocenters. The average molecular weight is 474 g/mol. The number of amides is 1. The SMILES string of the molecule is CCc1cc(C(=O)N(Cc2ccc(Cl)cc2)C2CCS(=O)(=O)C2)sc1-c1ccccc1. The van der Waals surface area contributed by atoms with Gasteiger partial charge in [0.2, 0.25) is 0 Å². The fourth-order valence-electron chi connectivity index (χ4n) is 3.95. The van der Waals surface area contributed by atoms with Crippen molar-refractivity contribution in [2.45, 2.75) is 32.4 Å². The molecule has 31 heavy (non-hydrogen) atoms. The van der Waals surface area contributed by atoms with Crippen molar-refractivity contribution >= 4 is 38.7 Å². The summed E-state index contributed by atoms with van der Waals surface area (Å²) in [6.07, 6.45) is 1.29. The number of rotatable bonds is 6. The molecule has 1 aliphatic rings. The Morgan fingerprint density at radius 3 is 2.45 bits per heavy atom. The average Bonchev–Trinajstić information content (AvgIpc) is 3.36. The standard InChI is InChI=1S/C24H24ClNO3S2/c1-2-18-14-22(30-23(18)19-6-4-3-5-7-19)24(27)26(21-12-13-31(28,29)16-21)15-17-8-10-20(25)11-9-17/h3-11,14,21H,2,12-13,15-16H2,1H3. The molecule has 2 aromatic carbocycles. The third-order valence-electron chi connectivity index (χ3n) is 5.61. The van der Waals surface area contributed by atoms with Gasteiger partial charge in [0.25, 0.3) is 5.91 Å². The Kier molecular flexibility index (Phi) is 6.51. The second kappa shape index (κ2) is 9.15. The maximum absolute atomic E-state index is 13.6. The fourth-order valence-corrected chi connectivity index (χ4v) is 7.02. The van der Waals surface area contributed by atoms with Gasteiger partial charge in [-0.2, -0.15) is 0 Å². The van der Waals surface area contributed by atoms with E-state index in [0.717, 1.165) is 28.0 Å². The number of thiophene rings is 1. The van der Waals surface area contributed by atoms with Gasteiger partial charge in [0.15, 0.2) is 9.84 Å². The quantitative estimate of drug-likeness (QED) is 0.477. The summed E-state index contributed by atoms with van der Waals surface area (Å²) in [4.78, 5) is 17.1. The number of aryl methyl sites for hydroxylation is 1. The summed E-state index contributed by atoms with van der Waals surface area (Å²) < 4.78 is 24.3. The summed E-state index contributed by atoms with van der Waals surface area (Å²) in [7, 11) is -3.12. The van der Waals surface area contributed by atoms with Crippen LogP contribution in [0.2, 0.25) is 5.02 Å². The summed E-state index contributed by atoms with van der Waals surface area (Å²) in [5.74, 6) is 0.0326. The smallest absolute Gasteiger partial charge is 0.264 e. The largest absolute Gasteiger partial charge is 0.330 e. The molecule has 1 aromatic heterocycles. The van der Waals surface area contributed by atoms with Crippen LogP contribution >= 0.6 is 22.9 Å². The molecule has 0 saturated carbocycles. The molecule has 0 aliphatic carbocycles. The van der Waals surface area contributed by atoms with Crippen molar-refractivity contribution in [3.63, 3.8) is 0 Å². The first kappa shape index (κ1) is 22.1. The Balaban J connectivity index is 1.68. The molecule has 0 spiro atoms. The van der Waals surface area contributed by atoms with E-state index in [1.54, 1.807) is 17.0 Å². The highest BCUT2D eigenvalue weighted by molar-refractivity contribution is 7.91. The molecule has 1 amide bonds. The summed E-state index contributed by atoms with van der Waals surface area (Å²) in [5, 5.41) is 0.628. The van der Waals surface area contributed by atoms with Crippen LogP contribution in [0.4, 0.5) is 0 Å². The molecule has 4 rings (SSSR count). The first-order valence-electron chi connectivity index (χ1n) is 10.3. The highest BCUT2D eigenvalue weighted by Crippen LogP contribution is 2.35. The first-order valence-corrected chi connectivity index (χ1v) is 13.3. The van der Waals surface area contributed by atoms with Gasteiger partial charge in [-0.3, -0.25) is 4.79 Å². The van der Waals surface area contributed by atoms with Crippen LogP contribution in [0.25, 0.3) is 10.4 Å². The van der Waals surface area contributed by atoms with Crippen molar-refractivity contribution in [1.82, 2.24) is 4.90 Å². The van der Waals surface area contributed by atoms with E-state index in [9.17, 15) is 13.2 Å². The Labute approximate surface area is 192 Å². The Bertz CT molecular complexity index is 1170. The van der Waals surface area contributed by atoms with E-state index in [4.69, 9.17) is 11.6 Å². The molecule has 1 aliphatic heterocycles. The number of hydrogen-bond donors (Lipinski definition) is 0. The lowest BCUT2D eigenvalue weighted by atomic mass is 10.1. The fraction of sp³-hybridized carbons (Fsp3) is 0.292. The van der Waals surface area contributed by atoms with Crippen molar-refractivity contribution in [2.75, 3.05) is 11.5 Å². The van der Waals surface area contributed by atoms with E-state index in [-0.39, 0.29) is 23.5 Å². The van der Waals surface area contributed by atoms with Crippen molar-refractivity contribution in [3.8, 4) is 10.4 Å². The molecule has 3 aromatic rings. The lowest BCUT2D eigenvalue weighted by Crippen LogP contribution is -2.40. The molecule has 0 bridgehead atoms. The van der Waals surface area contributed by atoms with Crippen LogP contribution in [-0.4, -0.2) is 36.8 Å². The van der Waals surface area contributed by atoms with Crippen LogP contribution in [-0.2, 0) is 22.8 Å². The molecular formula is C24H24ClNO3S2. The lowest BCUT2D eigenvalue weighted by molar-refractivity contribution is 0.0686. The molecule has 162 valence electrons. The molecule has 1 saturated heterocycles. The second-order valence-corrected chi connectivity index (χ2v) is 11.5. The molecule has 7 heteroatoms. The second-order valence-electron chi connectivity index (χ2n) is 7.80. The monoisotopic (exact) mass is 473 g/mol. The molecule has 2 heterocycles. The number of benzene rings is 2. The van der Waals surface area contributed by atoms with Crippen LogP contribution in [0, 0.1) is 0 Å². The van der Waals surface area contributed by atoms with E-state index in [0.29, 0.717) is 22.9 Å². The lowest BCUT2D eigenvalue weighted by Gasteiger charge is -2.28. The zero-order valence-corrected chi connectivity index (χ0v) is 19.6. The number of halogens is 1. The van der Waals surface area contributed by atoms with Gasteiger partial charge < -0.3 is 4.90 Å². The van der Waals surface area contributed by atoms with Crippen LogP contribution < -0.4 is 0 Å². The van der Waals surface area contributed by atoms with E-state index >= 15 is 0 Å². The summed E-state index contributed by atoms with van der Waals surface area (Å²) in [6, 6.07) is 19.1. The van der Waals surface area contributed by atoms with Gasteiger partial charge >= 0.3 is 0 Å². The van der Waals surface area contributed by atoms with Crippen molar-refractivity contribution in [3.05, 3.63) is 81.7 Å². The number of carbonyl (C=O) groups is 1. The third-order valence-corrected chi connectivity index (χ3v) is 8.83. The van der Waals surface area contributed by atoms with Gasteiger partial charge in [0.05, 0.1) is 16.4 Å². The molecule has 4 nitrogen and oxygen atoms in total. The molecular weight excluding hydrogens is 450 g/mol. The molecule has 1 atom stereocenters. The van der Waals surface area contributed by atoms with Gasteiger partial charge in [-0.05, 0) is 47.7 Å². The van der Waals surface area contributed by atoms with Crippen LogP contribution in [0.1, 0.15) is 34.1 Å². The zero-order valence-electron chi connectivity index (χ0n) is 17.3. The van der Waals surface area contributed by atoms with E-state index in [1.165, 1.54) is 11.3 Å². The van der Waals surface area contributed by atoms with Crippen molar-refractivity contribution in [1.29, 1.82) is 0 Å². The van der Waals surface area contributed by atoms with Gasteiger partial charge in [-0.1, -0.05) is 61.0 Å². The van der Waals surface area contributed by atoms with Gasteiger partial charge in [-0.15, -0.1) is 11.3 Å². The normalized spacial score (nSPS) is 17.5. The van der Waals surface area contributed by atoms with Crippen LogP contribution in [0.15, 0.2) is 60.7 Å². The van der Waals surface area contributed by atoms with E-state index in [1.807, 2.05) is 48.5 Å². The molecule has 1 fully saturated rings. The zero-order chi connectivity index (χ0) is 22.0. The summed E-state index contributed by atoms with van der Waals surface area (Å²) >= 11 is 7.49. The topological polar surface area (TPSA) is 54.5 Å². The number of hydrogen-bond acceptors (Lipinski definition) is 4.